The first-order valence-electron chi connectivity index (χ1n) is 16.2. The number of ether oxygens (including phenoxy) is 2. The summed E-state index contributed by atoms with van der Waals surface area (Å²) in [6, 6.07) is 31.0. The minimum absolute atomic E-state index is 0.165. The fraction of sp³-hybridized carbons (Fsp3) is 0.300. The van der Waals surface area contributed by atoms with Crippen molar-refractivity contribution in [3.8, 4) is 33.8 Å². The van der Waals surface area contributed by atoms with E-state index in [0.717, 1.165) is 11.5 Å². The van der Waals surface area contributed by atoms with Crippen LogP contribution in [0.1, 0.15) is 57.3 Å². The summed E-state index contributed by atoms with van der Waals surface area (Å²) in [6.45, 7) is 10.6. The maximum absolute atomic E-state index is 5.92. The molecule has 44 heavy (non-hydrogen) atoms. The Balaban J connectivity index is 1.41. The topological polar surface area (TPSA) is 18.5 Å². The number of benzene rings is 4. The summed E-state index contributed by atoms with van der Waals surface area (Å²) in [5, 5.41) is 0. The van der Waals surface area contributed by atoms with E-state index in [2.05, 4.69) is 163 Å². The molecule has 2 aliphatic rings. The van der Waals surface area contributed by atoms with Crippen LogP contribution in [0.15, 0.2) is 97.1 Å². The molecule has 6 rings (SSSR count). The standard InChI is InChI=1S/2C18H17O.4CH3.Hf.H2Si/c2*1-13(2)19-16-11-9-15(10-12-16)18-8-4-6-14-5-3-7-17(14)18;;;;;;/h2*3-13H,1-2H3;4*1H3;;1H2. The molecule has 0 aromatic heterocycles. The fourth-order valence-corrected chi connectivity index (χ4v) is 36.8. The van der Waals surface area contributed by atoms with E-state index in [0.29, 0.717) is 7.35 Å². The molecule has 0 aliphatic heterocycles. The van der Waals surface area contributed by atoms with E-state index in [-0.39, 0.29) is 12.2 Å². The van der Waals surface area contributed by atoms with E-state index in [1.807, 2.05) is 0 Å². The van der Waals surface area contributed by atoms with Crippen LogP contribution in [-0.4, -0.2) is 19.1 Å². The molecule has 2 unspecified atom stereocenters. The summed E-state index contributed by atoms with van der Waals surface area (Å²) in [6.07, 6.45) is 10.2. The van der Waals surface area contributed by atoms with Crippen LogP contribution in [0.3, 0.4) is 0 Å². The molecule has 0 spiro atoms. The predicted octanol–water partition coefficient (Wildman–Crippen LogP) is 10.9. The normalized spacial score (nSPS) is 19.6. The Kier molecular flexibility index (Phi) is 6.72. The van der Waals surface area contributed by atoms with Crippen molar-refractivity contribution in [3.63, 3.8) is 0 Å². The van der Waals surface area contributed by atoms with Gasteiger partial charge < -0.3 is 0 Å². The van der Waals surface area contributed by atoms with Crippen LogP contribution in [0, 0.1) is 0 Å². The van der Waals surface area contributed by atoms with Gasteiger partial charge in [0.05, 0.1) is 0 Å². The SMILES string of the molecule is CC(C)Oc1ccc(-c2cccc3c2C=C[CH]3[Hf]([CH3])([CH3])([CH3])([CH3])(=[SiH2])[CH]2C=Cc3c(-c4ccc(OC(C)C)cc4)cccc32)cc1. The van der Waals surface area contributed by atoms with Crippen molar-refractivity contribution in [2.24, 2.45) is 0 Å². The molecule has 0 heterocycles. The van der Waals surface area contributed by atoms with Crippen molar-refractivity contribution in [1.29, 1.82) is 0 Å². The van der Waals surface area contributed by atoms with Crippen LogP contribution < -0.4 is 9.47 Å². The molecule has 0 amide bonds. The molecule has 4 aromatic rings. The van der Waals surface area contributed by atoms with Crippen LogP contribution in [0.25, 0.3) is 34.4 Å². The summed E-state index contributed by atoms with van der Waals surface area (Å²) >= 11 is -4.80. The molecule has 4 aromatic carbocycles. The third-order valence-electron chi connectivity index (χ3n) is 10.2. The first-order valence-corrected chi connectivity index (χ1v) is 43.1. The third-order valence-corrected chi connectivity index (χ3v) is 44.7. The summed E-state index contributed by atoms with van der Waals surface area (Å²) < 4.78 is 23.4. The molecule has 228 valence electrons. The van der Waals surface area contributed by atoms with Crippen LogP contribution in [0.2, 0.25) is 18.7 Å². The van der Waals surface area contributed by atoms with E-state index >= 15 is 0 Å². The van der Waals surface area contributed by atoms with Crippen molar-refractivity contribution in [2.45, 2.75) is 66.0 Å². The van der Waals surface area contributed by atoms with Gasteiger partial charge in [-0.2, -0.15) is 0 Å². The van der Waals surface area contributed by atoms with Crippen molar-refractivity contribution < 1.29 is 23.7 Å². The third kappa shape index (κ3) is 5.32. The predicted molar refractivity (Wildman–Crippen MR) is 191 cm³/mol. The van der Waals surface area contributed by atoms with Gasteiger partial charge in [0.25, 0.3) is 0 Å². The number of fused-ring (bicyclic) bond motifs is 2. The van der Waals surface area contributed by atoms with Crippen LogP contribution in [0.4, 0.5) is 0 Å². The molecule has 0 bridgehead atoms. The molecule has 2 aliphatic carbocycles. The molecule has 4 heteroatoms. The Labute approximate surface area is 260 Å². The van der Waals surface area contributed by atoms with Gasteiger partial charge in [0, 0.05) is 0 Å². The molecular weight excluding hydrogens is 719 g/mol. The summed E-state index contributed by atoms with van der Waals surface area (Å²) in [4.78, 5) is 0. The Hall–Kier alpha value is -2.95. The van der Waals surface area contributed by atoms with Gasteiger partial charge in [-0.1, -0.05) is 0 Å². The van der Waals surface area contributed by atoms with Gasteiger partial charge in [0.2, 0.25) is 0 Å². The monoisotopic (exact) mass is 768 g/mol. The molecule has 0 fully saturated rings. The zero-order valence-corrected chi connectivity index (χ0v) is 32.7. The number of rotatable bonds is 8. The quantitative estimate of drug-likeness (QED) is 0.166. The van der Waals surface area contributed by atoms with Crippen LogP contribution in [0.5, 0.6) is 11.5 Å². The first-order chi connectivity index (χ1) is 20.5. The molecule has 0 N–H and O–H groups in total. The summed E-state index contributed by atoms with van der Waals surface area (Å²) in [5.41, 5.74) is 10.7. The van der Waals surface area contributed by atoms with Gasteiger partial charge in [-0.3, -0.25) is 0 Å². The Morgan fingerprint density at radius 1 is 0.545 bits per heavy atom. The summed E-state index contributed by atoms with van der Waals surface area (Å²) in [7, 11) is 0. The number of allylic oxidation sites excluding steroid dienone is 2. The maximum atomic E-state index is 5.92. The second-order valence-electron chi connectivity index (χ2n) is 18.0. The van der Waals surface area contributed by atoms with Gasteiger partial charge in [-0.05, 0) is 0 Å². The van der Waals surface area contributed by atoms with Crippen LogP contribution >= 0.6 is 0 Å². The Bertz CT molecular complexity index is 1800. The van der Waals surface area contributed by atoms with E-state index < -0.39 is 14.2 Å². The van der Waals surface area contributed by atoms with E-state index in [1.165, 1.54) is 44.5 Å². The molecule has 2 atom stereocenters. The van der Waals surface area contributed by atoms with Crippen molar-refractivity contribution in [3.05, 3.63) is 119 Å². The summed E-state index contributed by atoms with van der Waals surface area (Å²) in [5.74, 6) is 1.84. The second-order valence-corrected chi connectivity index (χ2v) is 105. The first kappa shape index (κ1) is 31.0. The molecule has 0 saturated carbocycles. The van der Waals surface area contributed by atoms with Gasteiger partial charge in [-0.25, -0.2) is 0 Å². The number of hydrogen-bond donors (Lipinski definition) is 0. The Morgan fingerprint density at radius 3 is 1.25 bits per heavy atom. The van der Waals surface area contributed by atoms with E-state index in [9.17, 15) is 0 Å². The van der Waals surface area contributed by atoms with Gasteiger partial charge in [0.15, 0.2) is 0 Å². The van der Waals surface area contributed by atoms with Crippen molar-refractivity contribution in [1.82, 2.24) is 0 Å². The van der Waals surface area contributed by atoms with E-state index in [4.69, 9.17) is 9.47 Å². The second kappa shape index (κ2) is 9.53. The average Bonchev–Trinajstić information content (AvgIpc) is 3.60. The number of hydrogen-bond acceptors (Lipinski definition) is 2. The average molecular weight is 767 g/mol. The minimum atomic E-state index is -4.80. The van der Waals surface area contributed by atoms with Crippen LogP contribution in [-0.2, 0) is 14.2 Å². The van der Waals surface area contributed by atoms with Gasteiger partial charge in [-0.15, -0.1) is 0 Å². The van der Waals surface area contributed by atoms with Gasteiger partial charge in [0.1, 0.15) is 0 Å². The van der Waals surface area contributed by atoms with Gasteiger partial charge >= 0.3 is 262 Å². The zero-order chi connectivity index (χ0) is 31.6. The molecule has 0 saturated heterocycles. The van der Waals surface area contributed by atoms with E-state index in [1.54, 1.807) is 0 Å². The molecule has 2 nitrogen and oxygen atoms in total. The Morgan fingerprint density at radius 2 is 0.909 bits per heavy atom. The van der Waals surface area contributed by atoms with Crippen molar-refractivity contribution in [2.75, 3.05) is 0 Å². The zero-order valence-electron chi connectivity index (χ0n) is 27.7. The fourth-order valence-electron chi connectivity index (χ4n) is 8.00. The molecular formula is C40H48HfO2Si. The molecule has 0 radical (unpaired) electrons. The van der Waals surface area contributed by atoms with Crippen molar-refractivity contribution >= 4 is 19.1 Å².